The zero-order chi connectivity index (χ0) is 19.8. The first kappa shape index (κ1) is 18.9. The second kappa shape index (κ2) is 7.63. The predicted molar refractivity (Wildman–Crippen MR) is 121 cm³/mol. The van der Waals surface area contributed by atoms with Gasteiger partial charge in [-0.2, -0.15) is 0 Å². The van der Waals surface area contributed by atoms with Crippen molar-refractivity contribution in [3.8, 4) is 5.69 Å². The van der Waals surface area contributed by atoms with Crippen molar-refractivity contribution < 1.29 is 5.11 Å². The van der Waals surface area contributed by atoms with Gasteiger partial charge in [0.15, 0.2) is 0 Å². The average Bonchev–Trinajstić information content (AvgIpc) is 3.21. The number of fused-ring (bicyclic) bond motifs is 4. The Morgan fingerprint density at radius 3 is 2.76 bits per heavy atom. The highest BCUT2D eigenvalue weighted by Crippen LogP contribution is 2.42. The Balaban J connectivity index is 1.34. The van der Waals surface area contributed by atoms with Crippen molar-refractivity contribution in [2.45, 2.75) is 30.9 Å². The van der Waals surface area contributed by atoms with E-state index in [0.717, 1.165) is 30.4 Å². The number of β-amino-alcohol motifs (C(OH)–C–C–N with tert-alkyl or cyclic N) is 1. The van der Waals surface area contributed by atoms with Gasteiger partial charge in [-0.15, -0.1) is 0 Å². The first-order valence-electron chi connectivity index (χ1n) is 10.3. The van der Waals surface area contributed by atoms with Crippen molar-refractivity contribution in [1.82, 2.24) is 9.47 Å². The summed E-state index contributed by atoms with van der Waals surface area (Å²) in [7, 11) is 0. The molecule has 2 aromatic carbocycles. The van der Waals surface area contributed by atoms with E-state index in [0.29, 0.717) is 13.0 Å². The van der Waals surface area contributed by atoms with Crippen molar-refractivity contribution in [1.29, 1.82) is 0 Å². The van der Waals surface area contributed by atoms with Gasteiger partial charge in [0.1, 0.15) is 0 Å². The van der Waals surface area contributed by atoms with Crippen LogP contribution in [0, 0.1) is 0 Å². The quantitative estimate of drug-likeness (QED) is 0.610. The third kappa shape index (κ3) is 3.63. The van der Waals surface area contributed by atoms with Crippen LogP contribution in [0.2, 0.25) is 0 Å². The number of aliphatic hydroxyl groups excluding tert-OH is 1. The topological polar surface area (TPSA) is 40.4 Å². The third-order valence-electron chi connectivity index (χ3n) is 6.20. The molecule has 1 fully saturated rings. The molecule has 4 nitrogen and oxygen atoms in total. The smallest absolute Gasteiger partial charge is 0.0908 e. The molecule has 0 radical (unpaired) electrons. The van der Waals surface area contributed by atoms with Crippen LogP contribution in [0.1, 0.15) is 24.1 Å². The van der Waals surface area contributed by atoms with E-state index in [4.69, 9.17) is 0 Å². The van der Waals surface area contributed by atoms with E-state index in [2.05, 4.69) is 85.4 Å². The van der Waals surface area contributed by atoms with Crippen LogP contribution in [0.3, 0.4) is 0 Å². The molecule has 1 saturated heterocycles. The summed E-state index contributed by atoms with van der Waals surface area (Å²) in [4.78, 5) is 2.42. The Morgan fingerprint density at radius 2 is 1.90 bits per heavy atom. The second-order valence-corrected chi connectivity index (χ2v) is 9.23. The number of aromatic nitrogens is 1. The molecule has 2 aliphatic heterocycles. The van der Waals surface area contributed by atoms with Crippen LogP contribution in [0.4, 0.5) is 5.69 Å². The number of piperidine rings is 1. The van der Waals surface area contributed by atoms with Crippen molar-refractivity contribution in [3.05, 3.63) is 82.6 Å². The normalized spacial score (nSPS) is 22.0. The summed E-state index contributed by atoms with van der Waals surface area (Å²) in [6.45, 7) is 2.63. The number of anilines is 1. The summed E-state index contributed by atoms with van der Waals surface area (Å²) in [5, 5.41) is 14.6. The molecule has 2 aliphatic rings. The summed E-state index contributed by atoms with van der Waals surface area (Å²) in [6, 6.07) is 21.1. The Morgan fingerprint density at radius 1 is 1.07 bits per heavy atom. The number of rotatable bonds is 4. The fourth-order valence-corrected chi connectivity index (χ4v) is 5.22. The fourth-order valence-electron chi connectivity index (χ4n) is 4.96. The summed E-state index contributed by atoms with van der Waals surface area (Å²) in [5.41, 5.74) is 4.79. The number of nitrogens with one attached hydrogen (secondary N) is 1. The molecule has 0 aliphatic carbocycles. The lowest BCUT2D eigenvalue weighted by Crippen LogP contribution is -2.54. The number of halogens is 1. The van der Waals surface area contributed by atoms with Crippen molar-refractivity contribution in [2.24, 2.45) is 0 Å². The monoisotopic (exact) mass is 451 g/mol. The minimum Gasteiger partial charge on any atom is -0.391 e. The van der Waals surface area contributed by atoms with Crippen molar-refractivity contribution in [3.63, 3.8) is 0 Å². The van der Waals surface area contributed by atoms with E-state index in [1.54, 1.807) is 0 Å². The molecular formula is C24H26BrN3O. The summed E-state index contributed by atoms with van der Waals surface area (Å²) < 4.78 is 3.40. The van der Waals surface area contributed by atoms with Crippen LogP contribution in [-0.4, -0.2) is 40.3 Å². The SMILES string of the molecule is O[C@@H](Cc1ccc(Br)cc1)CN1CCC[C@@]2(C1)Nc1ccccc1-n1cccc12. The van der Waals surface area contributed by atoms with Gasteiger partial charge >= 0.3 is 0 Å². The van der Waals surface area contributed by atoms with Crippen LogP contribution in [0.25, 0.3) is 5.69 Å². The molecule has 1 aromatic heterocycles. The summed E-state index contributed by atoms with van der Waals surface area (Å²) in [6.07, 6.45) is 4.70. The maximum absolute atomic E-state index is 10.7. The Hall–Kier alpha value is -2.08. The number of likely N-dealkylation sites (tertiary alicyclic amines) is 1. The van der Waals surface area contributed by atoms with E-state index in [9.17, 15) is 5.11 Å². The van der Waals surface area contributed by atoms with E-state index in [1.807, 2.05) is 12.1 Å². The molecule has 0 unspecified atom stereocenters. The average molecular weight is 452 g/mol. The predicted octanol–water partition coefficient (Wildman–Crippen LogP) is 4.56. The van der Waals surface area contributed by atoms with Gasteiger partial charge in [-0.25, -0.2) is 0 Å². The third-order valence-corrected chi connectivity index (χ3v) is 6.73. The standard InChI is InChI=1S/C24H26BrN3O/c25-19-10-8-18(9-11-19)15-20(29)16-27-13-4-12-24(17-27)23-7-3-14-28(23)22-6-2-1-5-21(22)26-24/h1-3,5-11,14,20,26,29H,4,12-13,15-17H2/t20-,24-/m0/s1. The molecule has 3 aromatic rings. The minimum absolute atomic E-state index is 0.104. The van der Waals surface area contributed by atoms with Crippen LogP contribution in [0.5, 0.6) is 0 Å². The molecule has 5 rings (SSSR count). The molecule has 29 heavy (non-hydrogen) atoms. The van der Waals surface area contributed by atoms with Gasteiger partial charge in [0.05, 0.1) is 23.0 Å². The van der Waals surface area contributed by atoms with Crippen LogP contribution in [0.15, 0.2) is 71.3 Å². The second-order valence-electron chi connectivity index (χ2n) is 8.31. The highest BCUT2D eigenvalue weighted by atomic mass is 79.9. The Labute approximate surface area is 180 Å². The molecule has 0 amide bonds. The zero-order valence-corrected chi connectivity index (χ0v) is 18.0. The number of hydrogen-bond acceptors (Lipinski definition) is 3. The van der Waals surface area contributed by atoms with Gasteiger partial charge in [0.2, 0.25) is 0 Å². The van der Waals surface area contributed by atoms with Crippen molar-refractivity contribution >= 4 is 21.6 Å². The van der Waals surface area contributed by atoms with E-state index < -0.39 is 0 Å². The molecule has 150 valence electrons. The summed E-state index contributed by atoms with van der Waals surface area (Å²) in [5.74, 6) is 0. The molecule has 2 N–H and O–H groups in total. The van der Waals surface area contributed by atoms with Crippen LogP contribution < -0.4 is 5.32 Å². The largest absolute Gasteiger partial charge is 0.391 e. The van der Waals surface area contributed by atoms with Crippen LogP contribution >= 0.6 is 15.9 Å². The molecule has 0 saturated carbocycles. The summed E-state index contributed by atoms with van der Waals surface area (Å²) >= 11 is 3.47. The lowest BCUT2D eigenvalue weighted by Gasteiger charge is -2.47. The van der Waals surface area contributed by atoms with Gasteiger partial charge < -0.3 is 15.0 Å². The molecule has 3 heterocycles. The molecule has 1 spiro atoms. The first-order valence-corrected chi connectivity index (χ1v) is 11.1. The van der Waals surface area contributed by atoms with Crippen molar-refractivity contribution in [2.75, 3.05) is 25.0 Å². The van der Waals surface area contributed by atoms with Gasteiger partial charge in [0, 0.05) is 29.5 Å². The lowest BCUT2D eigenvalue weighted by atomic mass is 9.83. The first-order chi connectivity index (χ1) is 14.1. The van der Waals surface area contributed by atoms with Crippen LogP contribution in [-0.2, 0) is 12.0 Å². The fraction of sp³-hybridized carbons (Fsp3) is 0.333. The lowest BCUT2D eigenvalue weighted by molar-refractivity contribution is 0.0782. The Bertz CT molecular complexity index is 999. The molecule has 2 atom stereocenters. The number of aliphatic hydroxyl groups is 1. The molecule has 0 bridgehead atoms. The van der Waals surface area contributed by atoms with E-state index in [-0.39, 0.29) is 11.6 Å². The van der Waals surface area contributed by atoms with Gasteiger partial charge in [-0.05, 0) is 67.8 Å². The Kier molecular flexibility index (Phi) is 4.98. The number of nitrogens with zero attached hydrogens (tertiary/aromatic N) is 2. The highest BCUT2D eigenvalue weighted by Gasteiger charge is 2.42. The minimum atomic E-state index is -0.367. The highest BCUT2D eigenvalue weighted by molar-refractivity contribution is 9.10. The maximum atomic E-state index is 10.7. The molecular weight excluding hydrogens is 426 g/mol. The maximum Gasteiger partial charge on any atom is 0.0908 e. The number of benzene rings is 2. The van der Waals surface area contributed by atoms with E-state index in [1.165, 1.54) is 22.6 Å². The number of hydrogen-bond donors (Lipinski definition) is 2. The molecule has 5 heteroatoms. The number of para-hydroxylation sites is 2. The zero-order valence-electron chi connectivity index (χ0n) is 16.4. The van der Waals surface area contributed by atoms with Gasteiger partial charge in [-0.1, -0.05) is 40.2 Å². The van der Waals surface area contributed by atoms with Gasteiger partial charge in [0.25, 0.3) is 0 Å². The van der Waals surface area contributed by atoms with E-state index >= 15 is 0 Å². The van der Waals surface area contributed by atoms with Gasteiger partial charge in [-0.3, -0.25) is 4.90 Å².